The van der Waals surface area contributed by atoms with Crippen molar-refractivity contribution in [2.75, 3.05) is 25.0 Å². The standard InChI is InChI=1S/C12H15FN2O2/c1-12(7-14-8-12)17-6-11(16)15-10-5-3-2-4-9(10)13/h2-5,14H,6-8H2,1H3,(H,15,16). The number of rotatable bonds is 4. The molecule has 17 heavy (non-hydrogen) atoms. The van der Waals surface area contributed by atoms with Crippen molar-refractivity contribution in [2.45, 2.75) is 12.5 Å². The zero-order valence-corrected chi connectivity index (χ0v) is 9.63. The SMILES string of the molecule is CC1(OCC(=O)Nc2ccccc2F)CNC1. The van der Waals surface area contributed by atoms with Crippen molar-refractivity contribution in [1.82, 2.24) is 5.32 Å². The lowest BCUT2D eigenvalue weighted by Gasteiger charge is -2.38. The molecule has 0 spiro atoms. The van der Waals surface area contributed by atoms with Crippen LogP contribution in [0.4, 0.5) is 10.1 Å². The third kappa shape index (κ3) is 3.01. The van der Waals surface area contributed by atoms with Crippen LogP contribution < -0.4 is 10.6 Å². The third-order valence-corrected chi connectivity index (χ3v) is 2.70. The van der Waals surface area contributed by atoms with Crippen LogP contribution in [0.15, 0.2) is 24.3 Å². The molecule has 92 valence electrons. The molecule has 1 aromatic carbocycles. The van der Waals surface area contributed by atoms with Crippen LogP contribution in [0.25, 0.3) is 0 Å². The molecule has 0 saturated carbocycles. The summed E-state index contributed by atoms with van der Waals surface area (Å²) in [4.78, 5) is 11.5. The van der Waals surface area contributed by atoms with E-state index >= 15 is 0 Å². The molecular formula is C12H15FN2O2. The Labute approximate surface area is 99.2 Å². The van der Waals surface area contributed by atoms with E-state index in [1.165, 1.54) is 12.1 Å². The maximum atomic E-state index is 13.2. The van der Waals surface area contributed by atoms with E-state index < -0.39 is 5.82 Å². The van der Waals surface area contributed by atoms with E-state index in [0.29, 0.717) is 0 Å². The van der Waals surface area contributed by atoms with Gasteiger partial charge in [0.05, 0.1) is 11.3 Å². The molecular weight excluding hydrogens is 223 g/mol. The first-order valence-electron chi connectivity index (χ1n) is 5.48. The van der Waals surface area contributed by atoms with Crippen LogP contribution >= 0.6 is 0 Å². The fourth-order valence-electron chi connectivity index (χ4n) is 1.57. The van der Waals surface area contributed by atoms with Crippen molar-refractivity contribution in [3.05, 3.63) is 30.1 Å². The maximum absolute atomic E-state index is 13.2. The van der Waals surface area contributed by atoms with Crippen molar-refractivity contribution < 1.29 is 13.9 Å². The predicted octanol–water partition coefficient (Wildman–Crippen LogP) is 1.14. The number of nitrogens with one attached hydrogen (secondary N) is 2. The molecule has 0 aromatic heterocycles. The van der Waals surface area contributed by atoms with Gasteiger partial charge >= 0.3 is 0 Å². The number of anilines is 1. The zero-order valence-electron chi connectivity index (χ0n) is 9.63. The molecule has 4 nitrogen and oxygen atoms in total. The quantitative estimate of drug-likeness (QED) is 0.827. The molecule has 1 amide bonds. The summed E-state index contributed by atoms with van der Waals surface area (Å²) in [6.07, 6.45) is 0. The van der Waals surface area contributed by atoms with Crippen LogP contribution in [0.1, 0.15) is 6.92 Å². The van der Waals surface area contributed by atoms with E-state index in [1.807, 2.05) is 6.92 Å². The third-order valence-electron chi connectivity index (χ3n) is 2.70. The second-order valence-corrected chi connectivity index (χ2v) is 4.37. The lowest BCUT2D eigenvalue weighted by atomic mass is 10.0. The van der Waals surface area contributed by atoms with Crippen molar-refractivity contribution in [3.63, 3.8) is 0 Å². The van der Waals surface area contributed by atoms with Gasteiger partial charge in [-0.25, -0.2) is 4.39 Å². The van der Waals surface area contributed by atoms with Gasteiger partial charge in [-0.3, -0.25) is 4.79 Å². The average molecular weight is 238 g/mol. The first kappa shape index (κ1) is 12.0. The van der Waals surface area contributed by atoms with E-state index in [2.05, 4.69) is 10.6 Å². The highest BCUT2D eigenvalue weighted by Gasteiger charge is 2.33. The van der Waals surface area contributed by atoms with Gasteiger partial charge < -0.3 is 15.4 Å². The minimum Gasteiger partial charge on any atom is -0.363 e. The molecule has 0 unspecified atom stereocenters. The lowest BCUT2D eigenvalue weighted by molar-refractivity contribution is -0.130. The zero-order chi connectivity index (χ0) is 12.3. The Kier molecular flexibility index (Phi) is 3.40. The topological polar surface area (TPSA) is 50.4 Å². The Morgan fingerprint density at radius 3 is 2.82 bits per heavy atom. The summed E-state index contributed by atoms with van der Waals surface area (Å²) in [5.74, 6) is -0.791. The summed E-state index contributed by atoms with van der Waals surface area (Å²) in [7, 11) is 0. The fourth-order valence-corrected chi connectivity index (χ4v) is 1.57. The second kappa shape index (κ2) is 4.81. The molecule has 0 bridgehead atoms. The molecule has 1 fully saturated rings. The molecule has 5 heteroatoms. The summed E-state index contributed by atoms with van der Waals surface area (Å²) >= 11 is 0. The minimum atomic E-state index is -0.447. The minimum absolute atomic E-state index is 0.0630. The highest BCUT2D eigenvalue weighted by molar-refractivity contribution is 5.91. The monoisotopic (exact) mass is 238 g/mol. The van der Waals surface area contributed by atoms with E-state index in [9.17, 15) is 9.18 Å². The first-order chi connectivity index (χ1) is 8.09. The Bertz CT molecular complexity index is 419. The number of carbonyl (C=O) groups is 1. The molecule has 1 heterocycles. The molecule has 2 N–H and O–H groups in total. The second-order valence-electron chi connectivity index (χ2n) is 4.37. The molecule has 2 rings (SSSR count). The molecule has 0 atom stereocenters. The Morgan fingerprint density at radius 2 is 2.24 bits per heavy atom. The van der Waals surface area contributed by atoms with Crippen LogP contribution in [0, 0.1) is 5.82 Å². The molecule has 1 saturated heterocycles. The largest absolute Gasteiger partial charge is 0.363 e. The van der Waals surface area contributed by atoms with Crippen LogP contribution in [0.2, 0.25) is 0 Å². The molecule has 1 aromatic rings. The summed E-state index contributed by atoms with van der Waals surface area (Å²) in [5.41, 5.74) is -0.0926. The number of halogens is 1. The van der Waals surface area contributed by atoms with Crippen molar-refractivity contribution in [2.24, 2.45) is 0 Å². The van der Waals surface area contributed by atoms with E-state index in [0.717, 1.165) is 13.1 Å². The van der Waals surface area contributed by atoms with E-state index in [1.54, 1.807) is 12.1 Å². The van der Waals surface area contributed by atoms with Crippen LogP contribution in [0.5, 0.6) is 0 Å². The van der Waals surface area contributed by atoms with Crippen molar-refractivity contribution >= 4 is 11.6 Å². The first-order valence-corrected chi connectivity index (χ1v) is 5.48. The van der Waals surface area contributed by atoms with Gasteiger partial charge in [0.15, 0.2) is 0 Å². The van der Waals surface area contributed by atoms with Gasteiger partial charge in [-0.2, -0.15) is 0 Å². The normalized spacial score (nSPS) is 17.3. The number of para-hydroxylation sites is 1. The van der Waals surface area contributed by atoms with E-state index in [4.69, 9.17) is 4.74 Å². The molecule has 1 aliphatic rings. The van der Waals surface area contributed by atoms with Gasteiger partial charge in [0, 0.05) is 13.1 Å². The number of amides is 1. The van der Waals surface area contributed by atoms with Crippen LogP contribution in [-0.4, -0.2) is 31.2 Å². The van der Waals surface area contributed by atoms with Crippen molar-refractivity contribution in [3.8, 4) is 0 Å². The Hall–Kier alpha value is -1.46. The average Bonchev–Trinajstić information content (AvgIpc) is 2.27. The van der Waals surface area contributed by atoms with Gasteiger partial charge in [0.2, 0.25) is 5.91 Å². The summed E-state index contributed by atoms with van der Waals surface area (Å²) in [6.45, 7) is 3.34. The van der Waals surface area contributed by atoms with Gasteiger partial charge in [-0.15, -0.1) is 0 Å². The van der Waals surface area contributed by atoms with Crippen LogP contribution in [-0.2, 0) is 9.53 Å². The predicted molar refractivity (Wildman–Crippen MR) is 62.3 cm³/mol. The van der Waals surface area contributed by atoms with Gasteiger partial charge in [0.1, 0.15) is 12.4 Å². The molecule has 1 aliphatic heterocycles. The molecule has 0 radical (unpaired) electrons. The van der Waals surface area contributed by atoms with Gasteiger partial charge in [-0.05, 0) is 19.1 Å². The Morgan fingerprint density at radius 1 is 1.53 bits per heavy atom. The highest BCUT2D eigenvalue weighted by Crippen LogP contribution is 2.16. The number of ether oxygens (including phenoxy) is 1. The number of benzene rings is 1. The summed E-state index contributed by atoms with van der Waals surface area (Å²) in [6, 6.07) is 6.05. The lowest BCUT2D eigenvalue weighted by Crippen LogP contribution is -2.59. The number of carbonyl (C=O) groups excluding carboxylic acids is 1. The maximum Gasteiger partial charge on any atom is 0.250 e. The smallest absolute Gasteiger partial charge is 0.250 e. The highest BCUT2D eigenvalue weighted by atomic mass is 19.1. The number of hydrogen-bond acceptors (Lipinski definition) is 3. The number of hydrogen-bond donors (Lipinski definition) is 2. The van der Waals surface area contributed by atoms with Gasteiger partial charge in [0.25, 0.3) is 0 Å². The van der Waals surface area contributed by atoms with Gasteiger partial charge in [-0.1, -0.05) is 12.1 Å². The van der Waals surface area contributed by atoms with E-state index in [-0.39, 0.29) is 23.8 Å². The van der Waals surface area contributed by atoms with Crippen LogP contribution in [0.3, 0.4) is 0 Å². The Balaban J connectivity index is 1.83. The summed E-state index contributed by atoms with van der Waals surface area (Å²) < 4.78 is 18.7. The fraction of sp³-hybridized carbons (Fsp3) is 0.417. The summed E-state index contributed by atoms with van der Waals surface area (Å²) in [5, 5.41) is 5.54. The van der Waals surface area contributed by atoms with Crippen molar-refractivity contribution in [1.29, 1.82) is 0 Å². The molecule has 0 aliphatic carbocycles.